The summed E-state index contributed by atoms with van der Waals surface area (Å²) in [5.41, 5.74) is 27.7. The van der Waals surface area contributed by atoms with Crippen LogP contribution in [0.5, 0.6) is 0 Å². The fourth-order valence-electron chi connectivity index (χ4n) is 16.7. The van der Waals surface area contributed by atoms with E-state index in [0.29, 0.717) is 0 Å². The van der Waals surface area contributed by atoms with Gasteiger partial charge in [-0.1, -0.05) is 157 Å². The molecule has 2 unspecified atom stereocenters. The standard InChI is InChI=1S/C71H78BN3O/c1-42-33-60-63-61(34-42)74(57-39-50-48(35-43(57)2)66(6,7)31-32-67(50,8)9)58-37-45(75-55-28-25-44(65(3,4)5)36-52(55)70(14)29-18-19-30-71(70,75)15)26-27-53(58)72(63)54-38-49-51(69(12,13)41-68(49,10)11)40-59(54)73(60)56-23-20-22-47-46-21-16-17-24-62(46)76-64(47)56/h16-17,20-28,33-40H,18-19,29-32,41H2,1-15H3. The Morgan fingerprint density at radius 3 is 1.83 bits per heavy atom. The van der Waals surface area contributed by atoms with Gasteiger partial charge in [-0.3, -0.25) is 0 Å². The molecule has 3 aliphatic heterocycles. The van der Waals surface area contributed by atoms with Crippen LogP contribution >= 0.6 is 0 Å². The van der Waals surface area contributed by atoms with E-state index in [0.717, 1.165) is 46.9 Å². The number of anilines is 8. The summed E-state index contributed by atoms with van der Waals surface area (Å²) in [6, 6.07) is 46.1. The predicted octanol–water partition coefficient (Wildman–Crippen LogP) is 17.6. The molecule has 8 aromatic rings. The molecular weight excluding hydrogens is 922 g/mol. The second-order valence-electron chi connectivity index (χ2n) is 28.8. The van der Waals surface area contributed by atoms with Crippen molar-refractivity contribution in [2.24, 2.45) is 0 Å². The monoisotopic (exact) mass is 1000 g/mol. The number of nitrogens with zero attached hydrogens (tertiary/aromatic N) is 3. The van der Waals surface area contributed by atoms with E-state index in [1.54, 1.807) is 0 Å². The molecule has 0 radical (unpaired) electrons. The van der Waals surface area contributed by atoms with Crippen molar-refractivity contribution in [3.05, 3.63) is 160 Å². The van der Waals surface area contributed by atoms with Crippen molar-refractivity contribution in [1.29, 1.82) is 0 Å². The van der Waals surface area contributed by atoms with Crippen LogP contribution < -0.4 is 31.1 Å². The quantitative estimate of drug-likeness (QED) is 0.165. The lowest BCUT2D eigenvalue weighted by Gasteiger charge is -2.51. The van der Waals surface area contributed by atoms with Gasteiger partial charge in [-0.15, -0.1) is 0 Å². The Morgan fingerprint density at radius 1 is 0.487 bits per heavy atom. The third kappa shape index (κ3) is 6.38. The maximum atomic E-state index is 7.02. The fraction of sp³-hybridized carbons (Fsp3) is 0.408. The molecular formula is C71H78BN3O. The molecule has 2 atom stereocenters. The summed E-state index contributed by atoms with van der Waals surface area (Å²) in [5.74, 6) is 0. The topological polar surface area (TPSA) is 22.9 Å². The largest absolute Gasteiger partial charge is 0.454 e. The molecule has 5 heteroatoms. The Labute approximate surface area is 454 Å². The van der Waals surface area contributed by atoms with E-state index in [-0.39, 0.29) is 44.7 Å². The van der Waals surface area contributed by atoms with Gasteiger partial charge in [0.15, 0.2) is 5.58 Å². The zero-order valence-electron chi connectivity index (χ0n) is 48.2. The Hall–Kier alpha value is -6.20. The lowest BCUT2D eigenvalue weighted by atomic mass is 9.33. The summed E-state index contributed by atoms with van der Waals surface area (Å²) in [6.07, 6.45) is 8.31. The minimum absolute atomic E-state index is 0.00876. The highest BCUT2D eigenvalue weighted by Gasteiger charge is 2.58. The fourth-order valence-corrected chi connectivity index (χ4v) is 16.7. The van der Waals surface area contributed by atoms with Crippen molar-refractivity contribution in [3.63, 3.8) is 0 Å². The molecule has 0 saturated heterocycles. The molecule has 0 spiro atoms. The third-order valence-electron chi connectivity index (χ3n) is 20.9. The van der Waals surface area contributed by atoms with Crippen LogP contribution in [-0.2, 0) is 32.5 Å². The highest BCUT2D eigenvalue weighted by Crippen LogP contribution is 2.62. The molecule has 4 heterocycles. The molecule has 0 bridgehead atoms. The Morgan fingerprint density at radius 2 is 1.11 bits per heavy atom. The van der Waals surface area contributed by atoms with Gasteiger partial charge in [0.1, 0.15) is 5.58 Å². The van der Waals surface area contributed by atoms with E-state index < -0.39 is 0 Å². The van der Waals surface area contributed by atoms with Crippen LogP contribution in [0.4, 0.5) is 45.5 Å². The normalized spacial score (nSPS) is 23.0. The zero-order valence-corrected chi connectivity index (χ0v) is 48.2. The first-order valence-electron chi connectivity index (χ1n) is 28.9. The second kappa shape index (κ2) is 15.3. The van der Waals surface area contributed by atoms with Gasteiger partial charge >= 0.3 is 0 Å². The van der Waals surface area contributed by atoms with Crippen molar-refractivity contribution in [2.45, 2.75) is 187 Å². The number of benzene rings is 7. The van der Waals surface area contributed by atoms with Crippen LogP contribution in [0.3, 0.4) is 0 Å². The van der Waals surface area contributed by atoms with Gasteiger partial charge in [0, 0.05) is 56.0 Å². The van der Waals surface area contributed by atoms with E-state index in [1.807, 2.05) is 0 Å². The van der Waals surface area contributed by atoms with Crippen LogP contribution in [0.25, 0.3) is 21.9 Å². The molecule has 0 amide bonds. The molecule has 1 aromatic heterocycles. The van der Waals surface area contributed by atoms with Crippen molar-refractivity contribution < 1.29 is 4.42 Å². The van der Waals surface area contributed by atoms with Gasteiger partial charge in [0.2, 0.25) is 0 Å². The molecule has 76 heavy (non-hydrogen) atoms. The molecule has 1 fully saturated rings. The van der Waals surface area contributed by atoms with Crippen molar-refractivity contribution in [3.8, 4) is 0 Å². The predicted molar refractivity (Wildman–Crippen MR) is 325 cm³/mol. The van der Waals surface area contributed by atoms with Crippen molar-refractivity contribution in [2.75, 3.05) is 14.7 Å². The molecule has 3 aliphatic carbocycles. The summed E-state index contributed by atoms with van der Waals surface area (Å²) in [6.45, 7) is 36.8. The Bertz CT molecular complexity index is 3840. The number of aryl methyl sites for hydroxylation is 2. The Kier molecular flexibility index (Phi) is 9.70. The Balaban J connectivity index is 1.09. The van der Waals surface area contributed by atoms with Gasteiger partial charge in [-0.2, -0.15) is 0 Å². The van der Waals surface area contributed by atoms with Crippen LogP contribution in [0.2, 0.25) is 0 Å². The first-order valence-corrected chi connectivity index (χ1v) is 28.9. The highest BCUT2D eigenvalue weighted by atomic mass is 16.3. The number of rotatable bonds is 3. The maximum absolute atomic E-state index is 7.02. The molecule has 4 nitrogen and oxygen atoms in total. The summed E-state index contributed by atoms with van der Waals surface area (Å²) in [4.78, 5) is 8.17. The van der Waals surface area contributed by atoms with Crippen LogP contribution in [-0.4, -0.2) is 12.3 Å². The minimum atomic E-state index is -0.0919. The van der Waals surface area contributed by atoms with Gasteiger partial charge in [-0.05, 0) is 195 Å². The van der Waals surface area contributed by atoms with E-state index in [1.165, 1.54) is 126 Å². The van der Waals surface area contributed by atoms with E-state index in [9.17, 15) is 0 Å². The summed E-state index contributed by atoms with van der Waals surface area (Å²) in [7, 11) is 0. The molecule has 7 aromatic carbocycles. The lowest BCUT2D eigenvalue weighted by Crippen LogP contribution is -2.61. The average Bonchev–Trinajstić information content (AvgIpc) is 4.06. The summed E-state index contributed by atoms with van der Waals surface area (Å²) >= 11 is 0. The SMILES string of the molecule is Cc1cc2c3c(c1)N(c1cccc4c1oc1ccccc14)c1cc4c(cc1B3c1ccc(N3c5ccc(C(C)(C)C)cc5C5(C)CCCCC35C)cc1N2c1cc2c(cc1C)C(C)(C)CCC2(C)C)C(C)(C)CC4(C)C. The average molecular weight is 1000 g/mol. The van der Waals surface area contributed by atoms with E-state index >= 15 is 0 Å². The van der Waals surface area contributed by atoms with Gasteiger partial charge in [0.25, 0.3) is 6.71 Å². The number of hydrogen-bond acceptors (Lipinski definition) is 4. The summed E-state index contributed by atoms with van der Waals surface area (Å²) in [5, 5.41) is 2.30. The van der Waals surface area contributed by atoms with Crippen molar-refractivity contribution in [1.82, 2.24) is 0 Å². The van der Waals surface area contributed by atoms with Crippen molar-refractivity contribution >= 4 is 90.5 Å². The third-order valence-corrected chi connectivity index (χ3v) is 20.9. The number of fused-ring (bicyclic) bond motifs is 12. The first-order chi connectivity index (χ1) is 35.8. The first kappa shape index (κ1) is 48.2. The molecule has 1 saturated carbocycles. The van der Waals surface area contributed by atoms with Gasteiger partial charge < -0.3 is 19.1 Å². The van der Waals surface area contributed by atoms with Crippen LogP contribution in [0.1, 0.15) is 179 Å². The molecule has 6 aliphatic rings. The number of para-hydroxylation sites is 2. The molecule has 0 N–H and O–H groups in total. The van der Waals surface area contributed by atoms with Gasteiger partial charge in [0.05, 0.1) is 11.2 Å². The molecule has 386 valence electrons. The number of furan rings is 1. The lowest BCUT2D eigenvalue weighted by molar-refractivity contribution is 0.195. The number of hydrogen-bond donors (Lipinski definition) is 0. The summed E-state index contributed by atoms with van der Waals surface area (Å²) < 4.78 is 7.02. The highest BCUT2D eigenvalue weighted by molar-refractivity contribution is 7.00. The van der Waals surface area contributed by atoms with Crippen LogP contribution in [0, 0.1) is 13.8 Å². The zero-order chi connectivity index (χ0) is 53.2. The van der Waals surface area contributed by atoms with Gasteiger partial charge in [-0.25, -0.2) is 0 Å². The minimum Gasteiger partial charge on any atom is -0.454 e. The smallest absolute Gasteiger partial charge is 0.252 e. The maximum Gasteiger partial charge on any atom is 0.252 e. The van der Waals surface area contributed by atoms with Crippen LogP contribution in [0.15, 0.2) is 120 Å². The second-order valence-corrected chi connectivity index (χ2v) is 28.8. The molecule has 14 rings (SSSR count). The van der Waals surface area contributed by atoms with E-state index in [4.69, 9.17) is 4.42 Å². The van der Waals surface area contributed by atoms with E-state index in [2.05, 4.69) is 234 Å².